The van der Waals surface area contributed by atoms with E-state index in [0.717, 1.165) is 103 Å². The summed E-state index contributed by atoms with van der Waals surface area (Å²) in [4.78, 5) is 24.6. The van der Waals surface area contributed by atoms with Crippen LogP contribution in [0.5, 0.6) is 0 Å². The molecule has 0 amide bonds. The fourth-order valence-corrected chi connectivity index (χ4v) is 9.05. The van der Waals surface area contributed by atoms with Crippen LogP contribution in [0.1, 0.15) is 296 Å². The first-order valence-corrected chi connectivity index (χ1v) is 32.7. The number of aliphatic hydroxyl groups is 1. The third kappa shape index (κ3) is 64.6. The van der Waals surface area contributed by atoms with Crippen molar-refractivity contribution in [3.8, 4) is 0 Å². The van der Waals surface area contributed by atoms with E-state index >= 15 is 0 Å². The molecule has 0 aromatic heterocycles. The van der Waals surface area contributed by atoms with Crippen LogP contribution in [0.3, 0.4) is 0 Å². The summed E-state index contributed by atoms with van der Waals surface area (Å²) in [6, 6.07) is 0. The van der Waals surface area contributed by atoms with Crippen LogP contribution in [0.15, 0.2) is 134 Å². The Morgan fingerprint density at radius 3 is 0.833 bits per heavy atom. The van der Waals surface area contributed by atoms with E-state index in [1.165, 1.54) is 167 Å². The fraction of sp³-hybridized carbons (Fsp3) is 0.671. The number of ether oxygens (including phenoxy) is 2. The zero-order chi connectivity index (χ0) is 56.2. The van der Waals surface area contributed by atoms with Crippen LogP contribution in [-0.2, 0) is 19.1 Å². The van der Waals surface area contributed by atoms with Crippen LogP contribution < -0.4 is 0 Å². The van der Waals surface area contributed by atoms with Gasteiger partial charge in [-0.25, -0.2) is 0 Å². The Hall–Kier alpha value is -3.96. The van der Waals surface area contributed by atoms with Gasteiger partial charge in [0.2, 0.25) is 0 Å². The Labute approximate surface area is 483 Å². The van der Waals surface area contributed by atoms with Crippen molar-refractivity contribution in [2.24, 2.45) is 0 Å². The number of hydrogen-bond donors (Lipinski definition) is 1. The van der Waals surface area contributed by atoms with E-state index in [-0.39, 0.29) is 25.2 Å². The van der Waals surface area contributed by atoms with E-state index < -0.39 is 6.10 Å². The maximum absolute atomic E-state index is 12.4. The number of carbonyl (C=O) groups is 2. The average Bonchev–Trinajstić information content (AvgIpc) is 3.44. The predicted octanol–water partition coefficient (Wildman–Crippen LogP) is 22.8. The number of aliphatic hydroxyl groups excluding tert-OH is 1. The summed E-state index contributed by atoms with van der Waals surface area (Å²) in [7, 11) is 0. The first kappa shape index (κ1) is 74.0. The summed E-state index contributed by atoms with van der Waals surface area (Å²) in [5, 5.41) is 9.69. The van der Waals surface area contributed by atoms with E-state index in [4.69, 9.17) is 9.47 Å². The second kappa shape index (κ2) is 67.3. The molecule has 0 aromatic carbocycles. The molecule has 0 saturated heterocycles. The van der Waals surface area contributed by atoms with Crippen LogP contribution >= 0.6 is 0 Å². The van der Waals surface area contributed by atoms with Gasteiger partial charge in [0.1, 0.15) is 6.61 Å². The number of rotatable bonds is 59. The maximum Gasteiger partial charge on any atom is 0.306 e. The third-order valence-electron chi connectivity index (χ3n) is 13.9. The molecule has 0 fully saturated rings. The quantitative estimate of drug-likeness (QED) is 0.0373. The zero-order valence-electron chi connectivity index (χ0n) is 50.9. The number of allylic oxidation sites excluding steroid dienone is 22. The minimum Gasteiger partial charge on any atom is -0.462 e. The normalized spacial score (nSPS) is 13.1. The molecule has 0 heterocycles. The van der Waals surface area contributed by atoms with Gasteiger partial charge in [0, 0.05) is 12.8 Å². The first-order valence-electron chi connectivity index (χ1n) is 32.7. The SMILES string of the molecule is CC/C=C\C/C=C\C/C=C\C/C=C\C/C=C\C/C=C\C/C=C\C/C=C\CCCCCCCCCCCCC(=O)OC(CO)COC(=O)CCCCCCCCCCCCCCCC/C=C\C/C=C\C/C=C\CCCCCCC. The molecular formula is C73H122O5. The lowest BCUT2D eigenvalue weighted by Crippen LogP contribution is -2.28. The molecule has 0 bridgehead atoms. The highest BCUT2D eigenvalue weighted by Gasteiger charge is 2.16. The number of esters is 2. The summed E-state index contributed by atoms with van der Waals surface area (Å²) >= 11 is 0. The first-order chi connectivity index (χ1) is 38.6. The van der Waals surface area contributed by atoms with Crippen LogP contribution in [0.25, 0.3) is 0 Å². The Balaban J connectivity index is 3.53. The highest BCUT2D eigenvalue weighted by molar-refractivity contribution is 5.70. The van der Waals surface area contributed by atoms with Crippen molar-refractivity contribution < 1.29 is 24.2 Å². The van der Waals surface area contributed by atoms with Gasteiger partial charge in [0.05, 0.1) is 6.61 Å². The standard InChI is InChI=1S/C73H122O5/c1-3-5-7-9-11-13-15-17-19-21-23-25-27-29-31-33-34-35-36-37-38-40-42-44-46-48-50-52-54-56-58-60-62-64-66-68-73(76)78-71(69-74)70-77-72(75)67-65-63-61-59-57-55-53-51-49-47-45-43-41-39-32-30-28-26-24-22-20-18-16-14-12-10-8-6-4-2/h5,7,11,13,16-19,22-25,28-31,34-35,37-38,42,44,71,74H,3-4,6,8-10,12,14-15,20-21,26-27,32-33,36,39-41,43,45-70H2,1-2H3/b7-5-,13-11-,18-16-,19-17-,24-22-,25-23-,30-28-,31-29-,35-34-,38-37-,44-42-. The van der Waals surface area contributed by atoms with Crippen molar-refractivity contribution in [3.05, 3.63) is 134 Å². The van der Waals surface area contributed by atoms with Gasteiger partial charge in [0.25, 0.3) is 0 Å². The summed E-state index contributed by atoms with van der Waals surface area (Å²) in [5.41, 5.74) is 0. The molecule has 5 heteroatoms. The van der Waals surface area contributed by atoms with Crippen molar-refractivity contribution in [2.75, 3.05) is 13.2 Å². The second-order valence-electron chi connectivity index (χ2n) is 21.5. The molecule has 0 rings (SSSR count). The van der Waals surface area contributed by atoms with Gasteiger partial charge in [-0.15, -0.1) is 0 Å². The van der Waals surface area contributed by atoms with Gasteiger partial charge >= 0.3 is 11.9 Å². The Morgan fingerprint density at radius 1 is 0.308 bits per heavy atom. The highest BCUT2D eigenvalue weighted by Crippen LogP contribution is 2.16. The molecule has 0 spiro atoms. The summed E-state index contributed by atoms with van der Waals surface area (Å²) in [5.74, 6) is -0.595. The van der Waals surface area contributed by atoms with Crippen molar-refractivity contribution in [2.45, 2.75) is 302 Å². The van der Waals surface area contributed by atoms with Crippen LogP contribution in [-0.4, -0.2) is 36.4 Å². The van der Waals surface area contributed by atoms with Crippen molar-refractivity contribution >= 4 is 11.9 Å². The smallest absolute Gasteiger partial charge is 0.306 e. The molecule has 1 unspecified atom stereocenters. The highest BCUT2D eigenvalue weighted by atomic mass is 16.6. The van der Waals surface area contributed by atoms with Gasteiger partial charge in [0.15, 0.2) is 6.10 Å². The number of unbranched alkanes of at least 4 members (excludes halogenated alkanes) is 29. The lowest BCUT2D eigenvalue weighted by Gasteiger charge is -2.15. The van der Waals surface area contributed by atoms with Crippen molar-refractivity contribution in [3.63, 3.8) is 0 Å². The molecule has 0 aromatic rings. The second-order valence-corrected chi connectivity index (χ2v) is 21.5. The molecule has 0 radical (unpaired) electrons. The molecule has 0 aliphatic rings. The van der Waals surface area contributed by atoms with E-state index in [2.05, 4.69) is 148 Å². The molecule has 444 valence electrons. The van der Waals surface area contributed by atoms with E-state index in [1.54, 1.807) is 0 Å². The summed E-state index contributed by atoms with van der Waals surface area (Å²) in [6.45, 7) is 4.03. The minimum atomic E-state index is -0.785. The predicted molar refractivity (Wildman–Crippen MR) is 343 cm³/mol. The monoisotopic (exact) mass is 1080 g/mol. The number of hydrogen-bond acceptors (Lipinski definition) is 5. The van der Waals surface area contributed by atoms with Crippen LogP contribution in [0.2, 0.25) is 0 Å². The topological polar surface area (TPSA) is 72.8 Å². The maximum atomic E-state index is 12.4. The molecule has 0 aliphatic heterocycles. The molecule has 1 N–H and O–H groups in total. The van der Waals surface area contributed by atoms with Gasteiger partial charge in [-0.2, -0.15) is 0 Å². The van der Waals surface area contributed by atoms with Gasteiger partial charge < -0.3 is 14.6 Å². The third-order valence-corrected chi connectivity index (χ3v) is 13.9. The molecule has 0 aliphatic carbocycles. The zero-order valence-corrected chi connectivity index (χ0v) is 50.9. The molecule has 1 atom stereocenters. The molecule has 78 heavy (non-hydrogen) atoms. The van der Waals surface area contributed by atoms with E-state index in [1.807, 2.05) is 0 Å². The van der Waals surface area contributed by atoms with E-state index in [0.29, 0.717) is 12.8 Å². The van der Waals surface area contributed by atoms with E-state index in [9.17, 15) is 14.7 Å². The molecule has 5 nitrogen and oxygen atoms in total. The molecule has 0 saturated carbocycles. The lowest BCUT2D eigenvalue weighted by molar-refractivity contribution is -0.161. The Kier molecular flexibility index (Phi) is 63.9. The van der Waals surface area contributed by atoms with Crippen molar-refractivity contribution in [1.29, 1.82) is 0 Å². The largest absolute Gasteiger partial charge is 0.462 e. The Bertz CT molecular complexity index is 1600. The minimum absolute atomic E-state index is 0.0733. The Morgan fingerprint density at radius 2 is 0.551 bits per heavy atom. The molecular weight excluding hydrogens is 957 g/mol. The lowest BCUT2D eigenvalue weighted by atomic mass is 10.0. The fourth-order valence-electron chi connectivity index (χ4n) is 9.05. The van der Waals surface area contributed by atoms with Crippen LogP contribution in [0.4, 0.5) is 0 Å². The van der Waals surface area contributed by atoms with Crippen molar-refractivity contribution in [1.82, 2.24) is 0 Å². The van der Waals surface area contributed by atoms with Gasteiger partial charge in [-0.3, -0.25) is 9.59 Å². The van der Waals surface area contributed by atoms with Gasteiger partial charge in [-0.05, 0) is 116 Å². The summed E-state index contributed by atoms with van der Waals surface area (Å²) in [6.07, 6.45) is 100. The average molecular weight is 1080 g/mol. The van der Waals surface area contributed by atoms with Gasteiger partial charge in [-0.1, -0.05) is 302 Å². The van der Waals surface area contributed by atoms with Crippen LogP contribution in [0, 0.1) is 0 Å². The number of carbonyl (C=O) groups excluding carboxylic acids is 2. The summed E-state index contributed by atoms with van der Waals surface area (Å²) < 4.78 is 10.7.